The Balaban J connectivity index is 4.21. The molecule has 1 atom stereocenters. The average Bonchev–Trinajstić information content (AvgIpc) is 2.02. The first-order valence-corrected chi connectivity index (χ1v) is 3.45. The normalized spacial score (nSPS) is 14.2. The Labute approximate surface area is 71.5 Å². The van der Waals surface area contributed by atoms with E-state index in [4.69, 9.17) is 11.0 Å². The molecule has 2 N–H and O–H groups in total. The molecular weight excluding hydrogens is 155 g/mol. The summed E-state index contributed by atoms with van der Waals surface area (Å²) in [6.07, 6.45) is 3.23. The Kier molecular flexibility index (Phi) is 4.47. The highest BCUT2D eigenvalue weighted by Gasteiger charge is 1.92. The topological polar surface area (TPSA) is 49.8 Å². The van der Waals surface area contributed by atoms with Gasteiger partial charge in [0.1, 0.15) is 12.2 Å². The van der Waals surface area contributed by atoms with Crippen LogP contribution in [0.25, 0.3) is 0 Å². The Morgan fingerprint density at radius 1 is 1.75 bits per heavy atom. The molecule has 0 saturated heterocycles. The van der Waals surface area contributed by atoms with Crippen molar-refractivity contribution < 1.29 is 4.39 Å². The van der Waals surface area contributed by atoms with E-state index in [-0.39, 0.29) is 11.3 Å². The molecular formula is C9H11FN2. The Morgan fingerprint density at radius 3 is 2.75 bits per heavy atom. The lowest BCUT2D eigenvalue weighted by molar-refractivity contribution is 0.430. The van der Waals surface area contributed by atoms with Crippen molar-refractivity contribution in [2.45, 2.75) is 13.1 Å². The van der Waals surface area contributed by atoms with Crippen molar-refractivity contribution in [3.05, 3.63) is 36.1 Å². The molecule has 3 heteroatoms. The predicted octanol–water partition coefficient (Wildman–Crippen LogP) is 1.82. The number of hydrogen-bond acceptors (Lipinski definition) is 2. The fourth-order valence-electron chi connectivity index (χ4n) is 0.477. The number of nitrogens with zero attached hydrogens (tertiary/aromatic N) is 1. The molecule has 12 heavy (non-hydrogen) atoms. The molecule has 0 amide bonds. The fourth-order valence-corrected chi connectivity index (χ4v) is 0.477. The quantitative estimate of drug-likeness (QED) is 0.513. The number of rotatable bonds is 3. The van der Waals surface area contributed by atoms with E-state index in [1.165, 1.54) is 25.2 Å². The Hall–Kier alpha value is -1.56. The SMILES string of the molecule is C=C(C#N)/C(N)=C\C=C/C(C)F. The molecule has 1 unspecified atom stereocenters. The maximum absolute atomic E-state index is 12.2. The van der Waals surface area contributed by atoms with Crippen molar-refractivity contribution in [2.75, 3.05) is 0 Å². The van der Waals surface area contributed by atoms with Crippen molar-refractivity contribution in [1.82, 2.24) is 0 Å². The van der Waals surface area contributed by atoms with Gasteiger partial charge >= 0.3 is 0 Å². The summed E-state index contributed by atoms with van der Waals surface area (Å²) in [5.74, 6) is 0. The van der Waals surface area contributed by atoms with Gasteiger partial charge < -0.3 is 5.73 Å². The van der Waals surface area contributed by atoms with Crippen LogP contribution >= 0.6 is 0 Å². The van der Waals surface area contributed by atoms with E-state index in [2.05, 4.69) is 6.58 Å². The van der Waals surface area contributed by atoms with E-state index in [9.17, 15) is 4.39 Å². The molecule has 0 aliphatic heterocycles. The van der Waals surface area contributed by atoms with Crippen LogP contribution in [0.3, 0.4) is 0 Å². The lowest BCUT2D eigenvalue weighted by Crippen LogP contribution is -1.97. The van der Waals surface area contributed by atoms with Crippen LogP contribution in [-0.2, 0) is 0 Å². The van der Waals surface area contributed by atoms with Crippen LogP contribution in [0.4, 0.5) is 4.39 Å². The lowest BCUT2D eigenvalue weighted by Gasteiger charge is -1.92. The molecule has 0 aliphatic carbocycles. The number of alkyl halides is 1. The third kappa shape index (κ3) is 4.29. The standard InChI is InChI=1S/C9H11FN2/c1-7(6-11)9(12)5-3-4-8(2)10/h3-5,8H,1,12H2,2H3/b4-3-,9-5+. The smallest absolute Gasteiger partial charge is 0.116 e. The van der Waals surface area contributed by atoms with E-state index in [0.29, 0.717) is 0 Å². The highest BCUT2D eigenvalue weighted by molar-refractivity contribution is 5.38. The molecule has 0 aromatic rings. The molecule has 2 nitrogen and oxygen atoms in total. The van der Waals surface area contributed by atoms with Gasteiger partial charge in [0.25, 0.3) is 0 Å². The van der Waals surface area contributed by atoms with Crippen LogP contribution in [0.15, 0.2) is 36.1 Å². The summed E-state index contributed by atoms with van der Waals surface area (Å²) in [4.78, 5) is 0. The molecule has 0 aliphatic rings. The summed E-state index contributed by atoms with van der Waals surface area (Å²) >= 11 is 0. The van der Waals surface area contributed by atoms with Gasteiger partial charge in [0, 0.05) is 5.70 Å². The first-order valence-electron chi connectivity index (χ1n) is 3.45. The Morgan fingerprint density at radius 2 is 2.33 bits per heavy atom. The van der Waals surface area contributed by atoms with Gasteiger partial charge in [0.2, 0.25) is 0 Å². The van der Waals surface area contributed by atoms with Gasteiger partial charge in [0.05, 0.1) is 5.57 Å². The maximum atomic E-state index is 12.2. The van der Waals surface area contributed by atoms with Gasteiger partial charge in [-0.15, -0.1) is 0 Å². The molecule has 0 fully saturated rings. The van der Waals surface area contributed by atoms with E-state index >= 15 is 0 Å². The summed E-state index contributed by atoms with van der Waals surface area (Å²) in [7, 11) is 0. The zero-order valence-corrected chi connectivity index (χ0v) is 6.92. The van der Waals surface area contributed by atoms with Crippen molar-refractivity contribution in [3.8, 4) is 6.07 Å². The molecule has 0 rings (SSSR count). The van der Waals surface area contributed by atoms with Gasteiger partial charge in [0.15, 0.2) is 0 Å². The van der Waals surface area contributed by atoms with Crippen LogP contribution in [0, 0.1) is 11.3 Å². The number of nitrogens with two attached hydrogens (primary N) is 1. The zero-order valence-electron chi connectivity index (χ0n) is 6.92. The minimum Gasteiger partial charge on any atom is -0.398 e. The minimum atomic E-state index is -1.01. The first-order chi connectivity index (χ1) is 5.57. The number of halogens is 1. The number of hydrogen-bond donors (Lipinski definition) is 1. The number of allylic oxidation sites excluding steroid dienone is 4. The largest absolute Gasteiger partial charge is 0.398 e. The van der Waals surface area contributed by atoms with Crippen LogP contribution < -0.4 is 5.73 Å². The molecule has 0 bridgehead atoms. The minimum absolute atomic E-state index is 0.186. The third-order valence-corrected chi connectivity index (χ3v) is 1.14. The van der Waals surface area contributed by atoms with Gasteiger partial charge in [-0.1, -0.05) is 18.7 Å². The predicted molar refractivity (Wildman–Crippen MR) is 46.7 cm³/mol. The molecule has 0 heterocycles. The second-order valence-corrected chi connectivity index (χ2v) is 2.27. The molecule has 64 valence electrons. The second kappa shape index (κ2) is 5.14. The van der Waals surface area contributed by atoms with E-state index < -0.39 is 6.17 Å². The highest BCUT2D eigenvalue weighted by atomic mass is 19.1. The van der Waals surface area contributed by atoms with Crippen molar-refractivity contribution in [2.24, 2.45) is 5.73 Å². The Bertz CT molecular complexity index is 256. The summed E-state index contributed by atoms with van der Waals surface area (Å²) in [5.41, 5.74) is 5.82. The maximum Gasteiger partial charge on any atom is 0.116 e. The third-order valence-electron chi connectivity index (χ3n) is 1.14. The first kappa shape index (κ1) is 10.4. The monoisotopic (exact) mass is 166 g/mol. The lowest BCUT2D eigenvalue weighted by atomic mass is 10.2. The molecule has 0 spiro atoms. The molecule has 0 aromatic carbocycles. The summed E-state index contributed by atoms with van der Waals surface area (Å²) in [5, 5.41) is 8.35. The summed E-state index contributed by atoms with van der Waals surface area (Å²) < 4.78 is 12.2. The molecule has 0 saturated carbocycles. The van der Waals surface area contributed by atoms with Gasteiger partial charge in [-0.2, -0.15) is 5.26 Å². The van der Waals surface area contributed by atoms with E-state index in [0.717, 1.165) is 0 Å². The van der Waals surface area contributed by atoms with Crippen LogP contribution in [-0.4, -0.2) is 6.17 Å². The van der Waals surface area contributed by atoms with Gasteiger partial charge in [-0.3, -0.25) is 0 Å². The van der Waals surface area contributed by atoms with E-state index in [1.54, 1.807) is 6.07 Å². The van der Waals surface area contributed by atoms with Crippen LogP contribution in [0.2, 0.25) is 0 Å². The van der Waals surface area contributed by atoms with Gasteiger partial charge in [-0.25, -0.2) is 4.39 Å². The summed E-state index contributed by atoms with van der Waals surface area (Å²) in [6.45, 7) is 4.79. The summed E-state index contributed by atoms with van der Waals surface area (Å²) in [6, 6.07) is 1.79. The van der Waals surface area contributed by atoms with Crippen molar-refractivity contribution in [3.63, 3.8) is 0 Å². The second-order valence-electron chi connectivity index (χ2n) is 2.27. The average molecular weight is 166 g/mol. The fraction of sp³-hybridized carbons (Fsp3) is 0.222. The van der Waals surface area contributed by atoms with E-state index in [1.807, 2.05) is 0 Å². The highest BCUT2D eigenvalue weighted by Crippen LogP contribution is 1.99. The number of nitriles is 1. The van der Waals surface area contributed by atoms with Crippen molar-refractivity contribution >= 4 is 0 Å². The van der Waals surface area contributed by atoms with Crippen molar-refractivity contribution in [1.29, 1.82) is 5.26 Å². The van der Waals surface area contributed by atoms with Crippen LogP contribution in [0.1, 0.15) is 6.92 Å². The zero-order chi connectivity index (χ0) is 9.56. The van der Waals surface area contributed by atoms with Crippen LogP contribution in [0.5, 0.6) is 0 Å². The molecule has 0 radical (unpaired) electrons. The molecule has 0 aromatic heterocycles. The van der Waals surface area contributed by atoms with Gasteiger partial charge in [-0.05, 0) is 13.0 Å².